The largest absolute Gasteiger partial charge is 0.359 e. The first-order valence-corrected chi connectivity index (χ1v) is 6.61. The second-order valence-corrected chi connectivity index (χ2v) is 4.90. The maximum absolute atomic E-state index is 11.8. The quantitative estimate of drug-likeness (QED) is 0.850. The maximum atomic E-state index is 11.8. The second-order valence-electron chi connectivity index (χ2n) is 4.90. The highest BCUT2D eigenvalue weighted by atomic mass is 16.1. The molecule has 0 radical (unpaired) electrons. The third-order valence-electron chi connectivity index (χ3n) is 3.69. The third-order valence-corrected chi connectivity index (χ3v) is 3.69. The Morgan fingerprint density at radius 2 is 2.28 bits per heavy atom. The van der Waals surface area contributed by atoms with Crippen molar-refractivity contribution in [3.05, 3.63) is 30.1 Å². The number of hydrogen-bond acceptors (Lipinski definition) is 3. The van der Waals surface area contributed by atoms with Gasteiger partial charge in [-0.2, -0.15) is 0 Å². The number of carbonyl (C=O) groups excluding carboxylic acids is 1. The van der Waals surface area contributed by atoms with Gasteiger partial charge in [0.1, 0.15) is 0 Å². The van der Waals surface area contributed by atoms with Crippen LogP contribution in [0.4, 0.5) is 0 Å². The molecule has 1 saturated carbocycles. The average Bonchev–Trinajstić information content (AvgIpc) is 2.87. The molecule has 1 fully saturated rings. The van der Waals surface area contributed by atoms with Crippen molar-refractivity contribution in [1.29, 1.82) is 0 Å². The summed E-state index contributed by atoms with van der Waals surface area (Å²) in [7, 11) is 1.71. The third kappa shape index (κ3) is 2.88. The molecular weight excluding hydrogens is 226 g/mol. The van der Waals surface area contributed by atoms with Crippen LogP contribution in [0.2, 0.25) is 0 Å². The van der Waals surface area contributed by atoms with Gasteiger partial charge in [-0.3, -0.25) is 9.78 Å². The van der Waals surface area contributed by atoms with Crippen molar-refractivity contribution in [3.8, 4) is 0 Å². The summed E-state index contributed by atoms with van der Waals surface area (Å²) in [5.74, 6) is 0.249. The molecule has 0 saturated heterocycles. The van der Waals surface area contributed by atoms with E-state index >= 15 is 0 Å². The van der Waals surface area contributed by atoms with Crippen molar-refractivity contribution in [3.63, 3.8) is 0 Å². The lowest BCUT2D eigenvalue weighted by atomic mass is 10.0. The van der Waals surface area contributed by atoms with Crippen molar-refractivity contribution in [2.24, 2.45) is 5.92 Å². The fraction of sp³-hybridized carbons (Fsp3) is 0.571. The molecule has 0 spiro atoms. The van der Waals surface area contributed by atoms with Gasteiger partial charge in [-0.15, -0.1) is 0 Å². The highest BCUT2D eigenvalue weighted by Gasteiger charge is 2.33. The maximum Gasteiger partial charge on any atom is 0.224 e. The number of aromatic nitrogens is 1. The molecule has 2 N–H and O–H groups in total. The van der Waals surface area contributed by atoms with Gasteiger partial charge in [0, 0.05) is 25.3 Å². The highest BCUT2D eigenvalue weighted by molar-refractivity contribution is 5.79. The molecule has 4 nitrogen and oxygen atoms in total. The summed E-state index contributed by atoms with van der Waals surface area (Å²) in [6.07, 6.45) is 4.96. The summed E-state index contributed by atoms with van der Waals surface area (Å²) in [6.45, 7) is 2.10. The first kappa shape index (κ1) is 13.0. The zero-order valence-corrected chi connectivity index (χ0v) is 11.0. The van der Waals surface area contributed by atoms with Crippen LogP contribution in [0, 0.1) is 5.92 Å². The van der Waals surface area contributed by atoms with E-state index in [9.17, 15) is 4.79 Å². The number of carbonyl (C=O) groups is 1. The summed E-state index contributed by atoms with van der Waals surface area (Å²) in [6, 6.07) is 6.37. The molecule has 3 unspecified atom stereocenters. The van der Waals surface area contributed by atoms with Crippen molar-refractivity contribution >= 4 is 5.91 Å². The van der Waals surface area contributed by atoms with Crippen LogP contribution in [-0.4, -0.2) is 24.0 Å². The van der Waals surface area contributed by atoms with Crippen LogP contribution in [0.5, 0.6) is 0 Å². The summed E-state index contributed by atoms with van der Waals surface area (Å²) in [4.78, 5) is 16.1. The Hall–Kier alpha value is -1.42. The minimum atomic E-state index is 0.0983. The summed E-state index contributed by atoms with van der Waals surface area (Å²) in [5, 5.41) is 6.29. The topological polar surface area (TPSA) is 54.0 Å². The number of nitrogens with one attached hydrogen (secondary N) is 2. The summed E-state index contributed by atoms with van der Waals surface area (Å²) in [5.41, 5.74) is 1.03. The molecule has 0 aromatic carbocycles. The molecule has 4 heteroatoms. The van der Waals surface area contributed by atoms with Gasteiger partial charge in [0.15, 0.2) is 0 Å². The van der Waals surface area contributed by atoms with Crippen molar-refractivity contribution < 1.29 is 4.79 Å². The van der Waals surface area contributed by atoms with Crippen molar-refractivity contribution in [2.75, 3.05) is 7.05 Å². The molecule has 1 aromatic heterocycles. The van der Waals surface area contributed by atoms with Gasteiger partial charge in [0.25, 0.3) is 0 Å². The first-order valence-electron chi connectivity index (χ1n) is 6.61. The van der Waals surface area contributed by atoms with E-state index < -0.39 is 0 Å². The molecule has 3 atom stereocenters. The molecule has 0 bridgehead atoms. The lowest BCUT2D eigenvalue weighted by Crippen LogP contribution is -2.41. The van der Waals surface area contributed by atoms with E-state index in [0.29, 0.717) is 0 Å². The van der Waals surface area contributed by atoms with Crippen LogP contribution in [0.15, 0.2) is 24.4 Å². The summed E-state index contributed by atoms with van der Waals surface area (Å²) >= 11 is 0. The van der Waals surface area contributed by atoms with Crippen LogP contribution in [0.1, 0.15) is 37.9 Å². The standard InChI is InChI=1S/C14H21N3O/c1-10(12-7-3-4-9-16-12)17-13-8-5-6-11(13)14(18)15-2/h3-4,7,9-11,13,17H,5-6,8H2,1-2H3,(H,15,18). The van der Waals surface area contributed by atoms with E-state index in [0.717, 1.165) is 25.0 Å². The molecule has 2 rings (SSSR count). The molecule has 1 amide bonds. The molecule has 1 aliphatic rings. The lowest BCUT2D eigenvalue weighted by molar-refractivity contribution is -0.124. The van der Waals surface area contributed by atoms with E-state index in [1.54, 1.807) is 13.2 Å². The molecule has 1 aromatic rings. The van der Waals surface area contributed by atoms with Crippen LogP contribution >= 0.6 is 0 Å². The van der Waals surface area contributed by atoms with E-state index in [4.69, 9.17) is 0 Å². The zero-order valence-electron chi connectivity index (χ0n) is 11.0. The summed E-state index contributed by atoms with van der Waals surface area (Å²) < 4.78 is 0. The van der Waals surface area contributed by atoms with Crippen LogP contribution in [0.25, 0.3) is 0 Å². The normalized spacial score (nSPS) is 24.8. The Bertz CT molecular complexity index is 393. The number of hydrogen-bond donors (Lipinski definition) is 2. The van der Waals surface area contributed by atoms with Crippen LogP contribution in [0.3, 0.4) is 0 Å². The smallest absolute Gasteiger partial charge is 0.224 e. The van der Waals surface area contributed by atoms with Gasteiger partial charge >= 0.3 is 0 Å². The monoisotopic (exact) mass is 247 g/mol. The number of nitrogens with zero attached hydrogens (tertiary/aromatic N) is 1. The second kappa shape index (κ2) is 5.96. The van der Waals surface area contributed by atoms with Crippen LogP contribution in [-0.2, 0) is 4.79 Å². The van der Waals surface area contributed by atoms with Crippen molar-refractivity contribution in [2.45, 2.75) is 38.3 Å². The molecule has 18 heavy (non-hydrogen) atoms. The minimum absolute atomic E-state index is 0.0983. The van der Waals surface area contributed by atoms with Gasteiger partial charge < -0.3 is 10.6 Å². The van der Waals surface area contributed by atoms with E-state index in [-0.39, 0.29) is 23.9 Å². The van der Waals surface area contributed by atoms with Gasteiger partial charge in [0.05, 0.1) is 11.6 Å². The van der Waals surface area contributed by atoms with Crippen LogP contribution < -0.4 is 10.6 Å². The molecule has 0 aliphatic heterocycles. The van der Waals surface area contributed by atoms with Gasteiger partial charge in [-0.25, -0.2) is 0 Å². The molecule has 1 heterocycles. The van der Waals surface area contributed by atoms with Crippen molar-refractivity contribution in [1.82, 2.24) is 15.6 Å². The Labute approximate surface area is 108 Å². The number of rotatable bonds is 4. The number of amides is 1. The lowest BCUT2D eigenvalue weighted by Gasteiger charge is -2.23. The number of pyridine rings is 1. The fourth-order valence-electron chi connectivity index (χ4n) is 2.70. The fourth-order valence-corrected chi connectivity index (χ4v) is 2.70. The highest BCUT2D eigenvalue weighted by Crippen LogP contribution is 2.27. The van der Waals surface area contributed by atoms with E-state index in [2.05, 4.69) is 22.5 Å². The molecule has 1 aliphatic carbocycles. The predicted octanol–water partition coefficient (Wildman–Crippen LogP) is 1.65. The van der Waals surface area contributed by atoms with Gasteiger partial charge in [0.2, 0.25) is 5.91 Å². The Morgan fingerprint density at radius 1 is 1.44 bits per heavy atom. The Balaban J connectivity index is 1.98. The van der Waals surface area contributed by atoms with E-state index in [1.165, 1.54) is 0 Å². The Morgan fingerprint density at radius 3 is 2.94 bits per heavy atom. The zero-order chi connectivity index (χ0) is 13.0. The van der Waals surface area contributed by atoms with E-state index in [1.807, 2.05) is 18.2 Å². The first-order chi connectivity index (χ1) is 8.72. The Kier molecular flexibility index (Phi) is 4.31. The minimum Gasteiger partial charge on any atom is -0.359 e. The van der Waals surface area contributed by atoms with Gasteiger partial charge in [-0.1, -0.05) is 12.5 Å². The SMILES string of the molecule is CNC(=O)C1CCCC1NC(C)c1ccccn1. The predicted molar refractivity (Wildman–Crippen MR) is 71.0 cm³/mol. The average molecular weight is 247 g/mol. The molecular formula is C14H21N3O. The van der Waals surface area contributed by atoms with Gasteiger partial charge in [-0.05, 0) is 31.9 Å². The molecule has 98 valence electrons.